The second-order valence-corrected chi connectivity index (χ2v) is 3.96. The molecule has 1 aromatic heterocycles. The van der Waals surface area contributed by atoms with E-state index in [0.717, 1.165) is 11.3 Å². The number of hydrogen-bond donors (Lipinski definition) is 4. The molecule has 0 bridgehead atoms. The molecule has 2 rings (SSSR count). The highest BCUT2D eigenvalue weighted by Crippen LogP contribution is 2.31. The Kier molecular flexibility index (Phi) is 2.40. The Bertz CT molecular complexity index is 473. The van der Waals surface area contributed by atoms with Crippen molar-refractivity contribution in [3.63, 3.8) is 0 Å². The third-order valence-corrected chi connectivity index (χ3v) is 2.58. The summed E-state index contributed by atoms with van der Waals surface area (Å²) in [6.45, 7) is 7.56. The summed E-state index contributed by atoms with van der Waals surface area (Å²) < 4.78 is 5.62. The van der Waals surface area contributed by atoms with Crippen LogP contribution in [0.25, 0.3) is 11.4 Å². The van der Waals surface area contributed by atoms with Crippen LogP contribution in [0, 0.1) is 6.92 Å². The first-order chi connectivity index (χ1) is 7.50. The Morgan fingerprint density at radius 3 is 2.69 bits per heavy atom. The van der Waals surface area contributed by atoms with Gasteiger partial charge in [-0.25, -0.2) is 5.43 Å². The molecule has 0 aromatic carbocycles. The van der Waals surface area contributed by atoms with E-state index in [9.17, 15) is 0 Å². The lowest BCUT2D eigenvalue weighted by atomic mass is 10.1. The van der Waals surface area contributed by atoms with E-state index in [2.05, 4.69) is 17.4 Å². The zero-order chi connectivity index (χ0) is 11.9. The molecule has 0 saturated carbocycles. The van der Waals surface area contributed by atoms with Gasteiger partial charge in [0.2, 0.25) is 0 Å². The Balaban J connectivity index is 2.47. The van der Waals surface area contributed by atoms with E-state index < -0.39 is 0 Å². The van der Waals surface area contributed by atoms with Crippen LogP contribution >= 0.6 is 0 Å². The maximum absolute atomic E-state index is 5.90. The number of rotatable bonds is 2. The first-order valence-electron chi connectivity index (χ1n) is 5.08. The van der Waals surface area contributed by atoms with Crippen LogP contribution in [0.3, 0.4) is 0 Å². The van der Waals surface area contributed by atoms with Gasteiger partial charge in [0.25, 0.3) is 0 Å². The molecular formula is C11H16N4O. The normalized spacial score (nSPS) is 19.4. The molecule has 86 valence electrons. The van der Waals surface area contributed by atoms with Gasteiger partial charge in [0.05, 0.1) is 17.1 Å². The third kappa shape index (κ3) is 1.55. The first kappa shape index (κ1) is 10.6. The summed E-state index contributed by atoms with van der Waals surface area (Å²) in [6, 6.07) is 0.255. The van der Waals surface area contributed by atoms with Crippen molar-refractivity contribution in [1.29, 1.82) is 0 Å². The Hall–Kier alpha value is -1.88. The molecule has 1 aliphatic rings. The molecule has 0 aliphatic carbocycles. The van der Waals surface area contributed by atoms with E-state index in [-0.39, 0.29) is 6.04 Å². The monoisotopic (exact) mass is 220 g/mol. The largest absolute Gasteiger partial charge is 0.450 e. The minimum absolute atomic E-state index is 0.255. The van der Waals surface area contributed by atoms with Gasteiger partial charge in [0.1, 0.15) is 0 Å². The standard InChI is InChI=1S/C11H16N4O/c1-5-4-8(15-14-5)10-6(2)9(13)11(16-10)7(3)12/h4-5,14-15H,3,12-13H2,1-2H3. The Morgan fingerprint density at radius 2 is 2.25 bits per heavy atom. The van der Waals surface area contributed by atoms with E-state index in [1.54, 1.807) is 0 Å². The van der Waals surface area contributed by atoms with Crippen molar-refractivity contribution in [2.75, 3.05) is 5.73 Å². The molecule has 0 spiro atoms. The summed E-state index contributed by atoms with van der Waals surface area (Å²) in [6.07, 6.45) is 2.02. The molecule has 0 radical (unpaired) electrons. The highest BCUT2D eigenvalue weighted by Gasteiger charge is 2.21. The SMILES string of the molecule is C=C(N)c1oc(C2=CC(C)NN2)c(C)c1N. The van der Waals surface area contributed by atoms with Gasteiger partial charge in [0.15, 0.2) is 11.5 Å². The van der Waals surface area contributed by atoms with E-state index in [1.807, 2.05) is 19.9 Å². The van der Waals surface area contributed by atoms with Gasteiger partial charge in [-0.2, -0.15) is 0 Å². The van der Waals surface area contributed by atoms with Gasteiger partial charge in [-0.1, -0.05) is 6.58 Å². The zero-order valence-corrected chi connectivity index (χ0v) is 9.42. The van der Waals surface area contributed by atoms with Crippen LogP contribution in [-0.2, 0) is 0 Å². The van der Waals surface area contributed by atoms with Crippen molar-refractivity contribution in [1.82, 2.24) is 10.9 Å². The summed E-state index contributed by atoms with van der Waals surface area (Å²) in [7, 11) is 0. The highest BCUT2D eigenvalue weighted by atomic mass is 16.3. The Labute approximate surface area is 94.1 Å². The molecule has 1 aliphatic heterocycles. The van der Waals surface area contributed by atoms with Crippen LogP contribution in [0.4, 0.5) is 5.69 Å². The van der Waals surface area contributed by atoms with Gasteiger partial charge in [-0.15, -0.1) is 0 Å². The van der Waals surface area contributed by atoms with E-state index in [4.69, 9.17) is 15.9 Å². The average molecular weight is 220 g/mol. The van der Waals surface area contributed by atoms with Gasteiger partial charge in [-0.05, 0) is 19.9 Å². The lowest BCUT2D eigenvalue weighted by Gasteiger charge is -2.02. The van der Waals surface area contributed by atoms with Crippen LogP contribution in [-0.4, -0.2) is 6.04 Å². The minimum atomic E-state index is 0.255. The molecule has 5 heteroatoms. The van der Waals surface area contributed by atoms with Crippen molar-refractivity contribution in [2.45, 2.75) is 19.9 Å². The predicted molar refractivity (Wildman–Crippen MR) is 64.8 cm³/mol. The summed E-state index contributed by atoms with van der Waals surface area (Å²) >= 11 is 0. The maximum atomic E-state index is 5.90. The third-order valence-electron chi connectivity index (χ3n) is 2.58. The van der Waals surface area contributed by atoms with E-state index >= 15 is 0 Å². The van der Waals surface area contributed by atoms with Crippen LogP contribution in [0.5, 0.6) is 0 Å². The molecule has 1 aromatic rings. The molecule has 0 amide bonds. The lowest BCUT2D eigenvalue weighted by Crippen LogP contribution is -2.29. The van der Waals surface area contributed by atoms with E-state index in [1.165, 1.54) is 0 Å². The summed E-state index contributed by atoms with van der Waals surface area (Å²) in [5.41, 5.74) is 20.2. The van der Waals surface area contributed by atoms with Crippen molar-refractivity contribution in [3.05, 3.63) is 29.7 Å². The maximum Gasteiger partial charge on any atom is 0.173 e. The number of hydrazine groups is 1. The van der Waals surface area contributed by atoms with Crippen molar-refractivity contribution >= 4 is 17.1 Å². The fraction of sp³-hybridized carbons (Fsp3) is 0.273. The van der Waals surface area contributed by atoms with Crippen molar-refractivity contribution in [2.24, 2.45) is 5.73 Å². The molecular weight excluding hydrogens is 204 g/mol. The van der Waals surface area contributed by atoms with Crippen LogP contribution in [0.15, 0.2) is 17.1 Å². The van der Waals surface area contributed by atoms with Gasteiger partial charge < -0.3 is 21.3 Å². The van der Waals surface area contributed by atoms with Gasteiger partial charge >= 0.3 is 0 Å². The number of nitrogen functional groups attached to an aromatic ring is 1. The zero-order valence-electron chi connectivity index (χ0n) is 9.42. The smallest absolute Gasteiger partial charge is 0.173 e. The second kappa shape index (κ2) is 3.61. The number of hydrogen-bond acceptors (Lipinski definition) is 5. The van der Waals surface area contributed by atoms with Crippen LogP contribution in [0.2, 0.25) is 0 Å². The summed E-state index contributed by atoms with van der Waals surface area (Å²) in [5, 5.41) is 0. The van der Waals surface area contributed by atoms with Crippen molar-refractivity contribution in [3.8, 4) is 0 Å². The molecule has 5 nitrogen and oxygen atoms in total. The molecule has 6 N–H and O–H groups in total. The highest BCUT2D eigenvalue weighted by molar-refractivity contribution is 5.76. The minimum Gasteiger partial charge on any atom is -0.450 e. The van der Waals surface area contributed by atoms with Crippen molar-refractivity contribution < 1.29 is 4.42 Å². The van der Waals surface area contributed by atoms with E-state index in [0.29, 0.717) is 22.9 Å². The molecule has 2 heterocycles. The number of nitrogens with two attached hydrogens (primary N) is 2. The quantitative estimate of drug-likeness (QED) is 0.595. The van der Waals surface area contributed by atoms with Crippen LogP contribution < -0.4 is 22.3 Å². The average Bonchev–Trinajstić information content (AvgIpc) is 2.74. The molecule has 1 atom stereocenters. The Morgan fingerprint density at radius 1 is 1.56 bits per heavy atom. The summed E-state index contributed by atoms with van der Waals surface area (Å²) in [4.78, 5) is 0. The van der Waals surface area contributed by atoms with Gasteiger partial charge in [0, 0.05) is 11.6 Å². The summed E-state index contributed by atoms with van der Waals surface area (Å²) in [5.74, 6) is 1.16. The number of nitrogens with one attached hydrogen (secondary N) is 2. The molecule has 0 saturated heterocycles. The fourth-order valence-corrected chi connectivity index (χ4v) is 1.68. The molecule has 16 heavy (non-hydrogen) atoms. The van der Waals surface area contributed by atoms with Crippen LogP contribution in [0.1, 0.15) is 24.0 Å². The molecule has 0 fully saturated rings. The predicted octanol–water partition coefficient (Wildman–Crippen LogP) is 0.937. The fourth-order valence-electron chi connectivity index (χ4n) is 1.68. The number of anilines is 1. The lowest BCUT2D eigenvalue weighted by molar-refractivity contribution is 0.528. The second-order valence-electron chi connectivity index (χ2n) is 3.96. The first-order valence-corrected chi connectivity index (χ1v) is 5.08. The van der Waals surface area contributed by atoms with Gasteiger partial charge in [-0.3, -0.25) is 0 Å². The number of furan rings is 1. The molecule has 1 unspecified atom stereocenters. The topological polar surface area (TPSA) is 89.2 Å².